The number of unbranched alkanes of at least 4 members (excludes halogenated alkanes) is 31. The number of allylic oxidation sites excluding steroid dienone is 10. The first-order valence-electron chi connectivity index (χ1n) is 28.8. The minimum Gasteiger partial charge on any atom is -0.462 e. The van der Waals surface area contributed by atoms with Crippen LogP contribution in [0.1, 0.15) is 290 Å². The monoisotopic (exact) mass is 937 g/mol. The Labute approximate surface area is 415 Å². The predicted molar refractivity (Wildman–Crippen MR) is 288 cm³/mol. The fourth-order valence-corrected chi connectivity index (χ4v) is 8.13. The van der Waals surface area contributed by atoms with Gasteiger partial charge >= 0.3 is 17.9 Å². The van der Waals surface area contributed by atoms with Crippen molar-refractivity contribution in [3.8, 4) is 0 Å². The third-order valence-electron chi connectivity index (χ3n) is 12.5. The number of hydrogen-bond donors (Lipinski definition) is 0. The molecule has 0 aliphatic rings. The van der Waals surface area contributed by atoms with E-state index in [0.717, 1.165) is 103 Å². The molecule has 67 heavy (non-hydrogen) atoms. The van der Waals surface area contributed by atoms with Gasteiger partial charge < -0.3 is 14.2 Å². The lowest BCUT2D eigenvalue weighted by atomic mass is 10.1. The predicted octanol–water partition coefficient (Wildman–Crippen LogP) is 19.2. The van der Waals surface area contributed by atoms with Crippen LogP contribution >= 0.6 is 0 Å². The van der Waals surface area contributed by atoms with Gasteiger partial charge in [-0.15, -0.1) is 0 Å². The molecule has 0 aromatic rings. The summed E-state index contributed by atoms with van der Waals surface area (Å²) in [4.78, 5) is 38.1. The summed E-state index contributed by atoms with van der Waals surface area (Å²) in [5, 5.41) is 0. The summed E-state index contributed by atoms with van der Waals surface area (Å²) >= 11 is 0. The largest absolute Gasteiger partial charge is 0.462 e. The van der Waals surface area contributed by atoms with Crippen LogP contribution in [0.4, 0.5) is 0 Å². The molecule has 0 saturated carbocycles. The molecule has 0 N–H and O–H groups in total. The maximum absolute atomic E-state index is 12.8. The average molecular weight is 938 g/mol. The maximum atomic E-state index is 12.8. The fourth-order valence-electron chi connectivity index (χ4n) is 8.13. The zero-order chi connectivity index (χ0) is 48.6. The van der Waals surface area contributed by atoms with Gasteiger partial charge in [-0.3, -0.25) is 14.4 Å². The molecule has 0 bridgehead atoms. The zero-order valence-corrected chi connectivity index (χ0v) is 44.4. The van der Waals surface area contributed by atoms with Crippen molar-refractivity contribution in [2.45, 2.75) is 297 Å². The van der Waals surface area contributed by atoms with E-state index in [4.69, 9.17) is 14.2 Å². The first kappa shape index (κ1) is 64.1. The van der Waals surface area contributed by atoms with E-state index < -0.39 is 6.10 Å². The van der Waals surface area contributed by atoms with Gasteiger partial charge in [0.2, 0.25) is 0 Å². The van der Waals surface area contributed by atoms with Crippen LogP contribution in [0.3, 0.4) is 0 Å². The van der Waals surface area contributed by atoms with E-state index in [1.165, 1.54) is 148 Å². The van der Waals surface area contributed by atoms with Gasteiger partial charge in [0.15, 0.2) is 6.10 Å². The van der Waals surface area contributed by atoms with Crippen LogP contribution in [0.15, 0.2) is 60.8 Å². The molecule has 0 fully saturated rings. The standard InChI is InChI=1S/C61H108O6/c1-4-7-10-13-16-19-22-24-26-27-28-29-30-31-32-33-35-36-39-42-45-48-51-54-60(63)66-57-58(56-65-59(62)53-50-47-44-41-38-21-18-15-12-9-6-3)67-61(64)55-52-49-46-43-40-37-34-25-23-20-17-14-11-8-5-2/h17,20,22,24-25,27-28,30-31,34,58H,4-16,18-19,21,23,26,29,32-33,35-57H2,1-3H3/b20-17-,24-22-,28-27-,31-30-,34-25-. The van der Waals surface area contributed by atoms with Crippen molar-refractivity contribution in [1.82, 2.24) is 0 Å². The molecule has 0 rings (SSSR count). The highest BCUT2D eigenvalue weighted by molar-refractivity contribution is 5.71. The molecule has 0 aromatic heterocycles. The van der Waals surface area contributed by atoms with Crippen LogP contribution in [0.2, 0.25) is 0 Å². The first-order valence-corrected chi connectivity index (χ1v) is 28.8. The van der Waals surface area contributed by atoms with Crippen molar-refractivity contribution in [1.29, 1.82) is 0 Å². The fraction of sp³-hybridized carbons (Fsp3) is 0.787. The minimum absolute atomic E-state index is 0.0802. The summed E-state index contributed by atoms with van der Waals surface area (Å²) in [6.07, 6.45) is 69.2. The van der Waals surface area contributed by atoms with Gasteiger partial charge in [0.1, 0.15) is 13.2 Å². The van der Waals surface area contributed by atoms with Crippen molar-refractivity contribution in [2.24, 2.45) is 0 Å². The van der Waals surface area contributed by atoms with E-state index in [1.807, 2.05) is 0 Å². The highest BCUT2D eigenvalue weighted by atomic mass is 16.6. The molecule has 388 valence electrons. The molecule has 0 aliphatic carbocycles. The van der Waals surface area contributed by atoms with Gasteiger partial charge in [0, 0.05) is 19.3 Å². The summed E-state index contributed by atoms with van der Waals surface area (Å²) in [6, 6.07) is 0. The summed E-state index contributed by atoms with van der Waals surface area (Å²) in [6.45, 7) is 6.60. The number of rotatable bonds is 52. The molecule has 0 aromatic carbocycles. The third kappa shape index (κ3) is 53.9. The average Bonchev–Trinajstić information content (AvgIpc) is 3.33. The molecule has 0 amide bonds. The number of carbonyl (C=O) groups is 3. The lowest BCUT2D eigenvalue weighted by molar-refractivity contribution is -0.167. The highest BCUT2D eigenvalue weighted by Gasteiger charge is 2.19. The molecule has 0 saturated heterocycles. The van der Waals surface area contributed by atoms with Crippen molar-refractivity contribution in [3.05, 3.63) is 60.8 Å². The van der Waals surface area contributed by atoms with Gasteiger partial charge in [-0.1, -0.05) is 242 Å². The maximum Gasteiger partial charge on any atom is 0.306 e. The SMILES string of the molecule is CCCCC/C=C\C/C=C\CCCCCCCC(=O)OC(COC(=O)CCCCCCCCCC/C=C\C/C=C\C/C=C\CCCCCCC)COC(=O)CCCCCCCCCCCCC. The molecule has 6 nitrogen and oxygen atoms in total. The highest BCUT2D eigenvalue weighted by Crippen LogP contribution is 2.15. The second-order valence-corrected chi connectivity index (χ2v) is 19.2. The van der Waals surface area contributed by atoms with Crippen LogP contribution in [-0.2, 0) is 28.6 Å². The van der Waals surface area contributed by atoms with Gasteiger partial charge in [-0.05, 0) is 89.9 Å². The Balaban J connectivity index is 4.32. The first-order chi connectivity index (χ1) is 33.0. The smallest absolute Gasteiger partial charge is 0.306 e. The Kier molecular flexibility index (Phi) is 53.3. The Hall–Kier alpha value is -2.89. The summed E-state index contributed by atoms with van der Waals surface area (Å²) in [5.74, 6) is -0.893. The lowest BCUT2D eigenvalue weighted by Crippen LogP contribution is -2.30. The second-order valence-electron chi connectivity index (χ2n) is 19.2. The number of hydrogen-bond acceptors (Lipinski definition) is 6. The Bertz CT molecular complexity index is 1210. The van der Waals surface area contributed by atoms with Gasteiger partial charge in [0.25, 0.3) is 0 Å². The molecule has 1 unspecified atom stereocenters. The van der Waals surface area contributed by atoms with E-state index in [0.29, 0.717) is 19.3 Å². The Morgan fingerprint density at radius 2 is 0.537 bits per heavy atom. The van der Waals surface area contributed by atoms with Crippen molar-refractivity contribution in [3.63, 3.8) is 0 Å². The van der Waals surface area contributed by atoms with Crippen LogP contribution in [-0.4, -0.2) is 37.2 Å². The molecule has 0 heterocycles. The van der Waals surface area contributed by atoms with E-state index in [1.54, 1.807) is 0 Å². The van der Waals surface area contributed by atoms with E-state index >= 15 is 0 Å². The lowest BCUT2D eigenvalue weighted by Gasteiger charge is -2.18. The molecule has 1 atom stereocenters. The van der Waals surface area contributed by atoms with Crippen LogP contribution < -0.4 is 0 Å². The second kappa shape index (κ2) is 55.7. The van der Waals surface area contributed by atoms with Gasteiger partial charge in [-0.2, -0.15) is 0 Å². The normalized spacial score (nSPS) is 12.5. The number of ether oxygens (including phenoxy) is 3. The van der Waals surface area contributed by atoms with Gasteiger partial charge in [-0.25, -0.2) is 0 Å². The molecule has 0 aliphatic heterocycles. The Morgan fingerprint density at radius 3 is 0.866 bits per heavy atom. The summed E-state index contributed by atoms with van der Waals surface area (Å²) in [5.41, 5.74) is 0. The third-order valence-corrected chi connectivity index (χ3v) is 12.5. The molecule has 0 spiro atoms. The zero-order valence-electron chi connectivity index (χ0n) is 44.4. The molecular formula is C61H108O6. The molecular weight excluding hydrogens is 829 g/mol. The summed E-state index contributed by atoms with van der Waals surface area (Å²) in [7, 11) is 0. The topological polar surface area (TPSA) is 78.9 Å². The van der Waals surface area contributed by atoms with Crippen molar-refractivity contribution >= 4 is 17.9 Å². The number of carbonyl (C=O) groups excluding carboxylic acids is 3. The quantitative estimate of drug-likeness (QED) is 0.0262. The van der Waals surface area contributed by atoms with E-state index in [-0.39, 0.29) is 31.1 Å². The molecule has 0 radical (unpaired) electrons. The van der Waals surface area contributed by atoms with Gasteiger partial charge in [0.05, 0.1) is 0 Å². The summed E-state index contributed by atoms with van der Waals surface area (Å²) < 4.78 is 16.8. The van der Waals surface area contributed by atoms with Crippen LogP contribution in [0.25, 0.3) is 0 Å². The minimum atomic E-state index is -0.782. The van der Waals surface area contributed by atoms with Crippen molar-refractivity contribution in [2.75, 3.05) is 13.2 Å². The van der Waals surface area contributed by atoms with Crippen LogP contribution in [0.5, 0.6) is 0 Å². The van der Waals surface area contributed by atoms with E-state index in [2.05, 4.69) is 81.5 Å². The van der Waals surface area contributed by atoms with Crippen molar-refractivity contribution < 1.29 is 28.6 Å². The molecule has 6 heteroatoms. The Morgan fingerprint density at radius 1 is 0.299 bits per heavy atom. The van der Waals surface area contributed by atoms with Crippen LogP contribution in [0, 0.1) is 0 Å². The number of esters is 3. The van der Waals surface area contributed by atoms with E-state index in [9.17, 15) is 14.4 Å².